The van der Waals surface area contributed by atoms with Gasteiger partial charge in [0.1, 0.15) is 6.10 Å². The SMILES string of the molecule is Cc1cc(C)cc(N2C[C@H](CN3CCCCCCC3)OC2=O)c1. The van der Waals surface area contributed by atoms with E-state index < -0.39 is 0 Å². The molecule has 3 rings (SSSR count). The van der Waals surface area contributed by atoms with Crippen LogP contribution >= 0.6 is 0 Å². The second kappa shape index (κ2) is 7.35. The molecule has 0 aromatic heterocycles. The summed E-state index contributed by atoms with van der Waals surface area (Å²) in [7, 11) is 0. The van der Waals surface area contributed by atoms with Gasteiger partial charge in [-0.1, -0.05) is 25.3 Å². The highest BCUT2D eigenvalue weighted by Crippen LogP contribution is 2.25. The van der Waals surface area contributed by atoms with Crippen molar-refractivity contribution in [2.75, 3.05) is 31.1 Å². The molecule has 23 heavy (non-hydrogen) atoms. The Labute approximate surface area is 139 Å². The van der Waals surface area contributed by atoms with Gasteiger partial charge >= 0.3 is 6.09 Å². The summed E-state index contributed by atoms with van der Waals surface area (Å²) in [5.74, 6) is 0. The molecule has 2 aliphatic rings. The van der Waals surface area contributed by atoms with Crippen LogP contribution in [-0.4, -0.2) is 43.3 Å². The van der Waals surface area contributed by atoms with E-state index in [9.17, 15) is 4.79 Å². The number of rotatable bonds is 3. The number of benzene rings is 1. The summed E-state index contributed by atoms with van der Waals surface area (Å²) >= 11 is 0. The van der Waals surface area contributed by atoms with Gasteiger partial charge < -0.3 is 4.74 Å². The first-order valence-electron chi connectivity index (χ1n) is 8.90. The second-order valence-electron chi connectivity index (χ2n) is 7.03. The zero-order valence-corrected chi connectivity index (χ0v) is 14.4. The molecule has 2 heterocycles. The third-order valence-corrected chi connectivity index (χ3v) is 4.80. The maximum absolute atomic E-state index is 12.3. The lowest BCUT2D eigenvalue weighted by Crippen LogP contribution is -2.36. The number of ether oxygens (including phenoxy) is 1. The van der Waals surface area contributed by atoms with E-state index in [1.54, 1.807) is 4.90 Å². The van der Waals surface area contributed by atoms with Crippen LogP contribution in [0.3, 0.4) is 0 Å². The maximum Gasteiger partial charge on any atom is 0.414 e. The molecule has 0 unspecified atom stereocenters. The number of aryl methyl sites for hydroxylation is 2. The first-order valence-corrected chi connectivity index (χ1v) is 8.90. The van der Waals surface area contributed by atoms with Crippen molar-refractivity contribution in [1.29, 1.82) is 0 Å². The summed E-state index contributed by atoms with van der Waals surface area (Å²) < 4.78 is 5.63. The molecular weight excluding hydrogens is 288 g/mol. The first kappa shape index (κ1) is 16.3. The summed E-state index contributed by atoms with van der Waals surface area (Å²) in [6.45, 7) is 7.94. The normalized spacial score (nSPS) is 23.5. The highest BCUT2D eigenvalue weighted by Gasteiger charge is 2.33. The van der Waals surface area contributed by atoms with Crippen LogP contribution in [0.1, 0.15) is 43.2 Å². The van der Waals surface area contributed by atoms with Gasteiger partial charge in [-0.3, -0.25) is 9.80 Å². The van der Waals surface area contributed by atoms with Crippen LogP contribution in [0.5, 0.6) is 0 Å². The van der Waals surface area contributed by atoms with Crippen molar-refractivity contribution >= 4 is 11.8 Å². The minimum Gasteiger partial charge on any atom is -0.443 e. The molecule has 0 aliphatic carbocycles. The molecule has 4 nitrogen and oxygen atoms in total. The Kier molecular flexibility index (Phi) is 5.21. The molecule has 0 spiro atoms. The summed E-state index contributed by atoms with van der Waals surface area (Å²) in [6.07, 6.45) is 6.34. The van der Waals surface area contributed by atoms with Gasteiger partial charge in [0.05, 0.1) is 6.54 Å². The molecule has 2 aliphatic heterocycles. The zero-order valence-electron chi connectivity index (χ0n) is 14.4. The third kappa shape index (κ3) is 4.25. The molecular formula is C19H28N2O2. The third-order valence-electron chi connectivity index (χ3n) is 4.80. The number of carbonyl (C=O) groups is 1. The molecule has 1 aromatic rings. The van der Waals surface area contributed by atoms with E-state index in [1.807, 2.05) is 0 Å². The van der Waals surface area contributed by atoms with Crippen LogP contribution in [0.25, 0.3) is 0 Å². The van der Waals surface area contributed by atoms with Crippen LogP contribution in [0.4, 0.5) is 10.5 Å². The second-order valence-corrected chi connectivity index (χ2v) is 7.03. The van der Waals surface area contributed by atoms with Crippen molar-refractivity contribution in [3.8, 4) is 0 Å². The van der Waals surface area contributed by atoms with E-state index in [1.165, 1.54) is 43.2 Å². The molecule has 0 bridgehead atoms. The minimum absolute atomic E-state index is 0.0113. The monoisotopic (exact) mass is 316 g/mol. The fourth-order valence-electron chi connectivity index (χ4n) is 3.72. The molecule has 0 radical (unpaired) electrons. The summed E-state index contributed by atoms with van der Waals surface area (Å²) in [4.78, 5) is 16.5. The Morgan fingerprint density at radius 3 is 2.26 bits per heavy atom. The molecule has 4 heteroatoms. The van der Waals surface area contributed by atoms with Crippen LogP contribution in [-0.2, 0) is 4.74 Å². The average molecular weight is 316 g/mol. The first-order chi connectivity index (χ1) is 11.1. The zero-order chi connectivity index (χ0) is 16.2. The molecule has 1 amide bonds. The Hall–Kier alpha value is -1.55. The van der Waals surface area contributed by atoms with E-state index >= 15 is 0 Å². The van der Waals surface area contributed by atoms with Gasteiger partial charge in [0, 0.05) is 12.2 Å². The predicted molar refractivity (Wildman–Crippen MR) is 93.1 cm³/mol. The number of carbonyl (C=O) groups excluding carboxylic acids is 1. The number of anilines is 1. The standard InChI is InChI=1S/C19H28N2O2/c1-15-10-16(2)12-17(11-15)21-14-18(23-19(21)22)13-20-8-6-4-3-5-7-9-20/h10-12,18H,3-9,13-14H2,1-2H3/t18-/m0/s1. The van der Waals surface area contributed by atoms with Crippen LogP contribution in [0, 0.1) is 13.8 Å². The number of nitrogens with zero attached hydrogens (tertiary/aromatic N) is 2. The highest BCUT2D eigenvalue weighted by molar-refractivity contribution is 5.90. The summed E-state index contributed by atoms with van der Waals surface area (Å²) in [5.41, 5.74) is 3.32. The maximum atomic E-state index is 12.3. The lowest BCUT2D eigenvalue weighted by atomic mass is 10.1. The minimum atomic E-state index is -0.202. The number of likely N-dealkylation sites (tertiary alicyclic amines) is 1. The lowest BCUT2D eigenvalue weighted by Gasteiger charge is -2.26. The molecule has 0 N–H and O–H groups in total. The molecule has 2 fully saturated rings. The van der Waals surface area contributed by atoms with Gasteiger partial charge in [0.25, 0.3) is 0 Å². The van der Waals surface area contributed by atoms with Crippen LogP contribution in [0.15, 0.2) is 18.2 Å². The van der Waals surface area contributed by atoms with Gasteiger partial charge in [0.15, 0.2) is 0 Å². The van der Waals surface area contributed by atoms with Crippen molar-refractivity contribution in [1.82, 2.24) is 4.90 Å². The van der Waals surface area contributed by atoms with Crippen LogP contribution in [0.2, 0.25) is 0 Å². The van der Waals surface area contributed by atoms with Crippen molar-refractivity contribution in [3.63, 3.8) is 0 Å². The van der Waals surface area contributed by atoms with E-state index in [4.69, 9.17) is 4.74 Å². The van der Waals surface area contributed by atoms with E-state index in [0.29, 0.717) is 6.54 Å². The van der Waals surface area contributed by atoms with Crippen molar-refractivity contribution in [2.45, 2.75) is 52.1 Å². The van der Waals surface area contributed by atoms with E-state index in [0.717, 1.165) is 25.3 Å². The van der Waals surface area contributed by atoms with E-state index in [-0.39, 0.29) is 12.2 Å². The molecule has 2 saturated heterocycles. The number of hydrogen-bond donors (Lipinski definition) is 0. The number of amides is 1. The Bertz CT molecular complexity index is 530. The van der Waals surface area contributed by atoms with Gasteiger partial charge in [0.2, 0.25) is 0 Å². The van der Waals surface area contributed by atoms with Crippen LogP contribution < -0.4 is 4.90 Å². The van der Waals surface area contributed by atoms with Crippen molar-refractivity contribution in [2.24, 2.45) is 0 Å². The largest absolute Gasteiger partial charge is 0.443 e. The molecule has 1 aromatic carbocycles. The average Bonchev–Trinajstić information content (AvgIpc) is 2.81. The fourth-order valence-corrected chi connectivity index (χ4v) is 3.72. The summed E-state index contributed by atoms with van der Waals surface area (Å²) in [6, 6.07) is 6.25. The van der Waals surface area contributed by atoms with E-state index in [2.05, 4.69) is 36.9 Å². The molecule has 1 atom stereocenters. The summed E-state index contributed by atoms with van der Waals surface area (Å²) in [5, 5.41) is 0. The van der Waals surface area contributed by atoms with Gasteiger partial charge in [-0.25, -0.2) is 4.79 Å². The quantitative estimate of drug-likeness (QED) is 0.848. The highest BCUT2D eigenvalue weighted by atomic mass is 16.6. The van der Waals surface area contributed by atoms with Gasteiger partial charge in [-0.05, 0) is 63.0 Å². The topological polar surface area (TPSA) is 32.8 Å². The van der Waals surface area contributed by atoms with Crippen molar-refractivity contribution in [3.05, 3.63) is 29.3 Å². The van der Waals surface area contributed by atoms with Gasteiger partial charge in [-0.15, -0.1) is 0 Å². The Morgan fingerprint density at radius 1 is 1.00 bits per heavy atom. The molecule has 126 valence electrons. The Morgan fingerprint density at radius 2 is 1.61 bits per heavy atom. The number of cyclic esters (lactones) is 1. The number of hydrogen-bond acceptors (Lipinski definition) is 3. The Balaban J connectivity index is 1.62. The lowest BCUT2D eigenvalue weighted by molar-refractivity contribution is 0.105. The fraction of sp³-hybridized carbons (Fsp3) is 0.632. The molecule has 0 saturated carbocycles. The van der Waals surface area contributed by atoms with Crippen molar-refractivity contribution < 1.29 is 9.53 Å². The smallest absolute Gasteiger partial charge is 0.414 e. The van der Waals surface area contributed by atoms with Gasteiger partial charge in [-0.2, -0.15) is 0 Å². The predicted octanol–water partition coefficient (Wildman–Crippen LogP) is 3.89.